The van der Waals surface area contributed by atoms with Crippen LogP contribution in [0.15, 0.2) is 18.2 Å². The number of carbonyl (C=O) groups excluding carboxylic acids is 1. The van der Waals surface area contributed by atoms with Gasteiger partial charge in [-0.2, -0.15) is 0 Å². The molecule has 0 saturated carbocycles. The molecule has 0 spiro atoms. The summed E-state index contributed by atoms with van der Waals surface area (Å²) in [6.45, 7) is 3.13. The number of hydrogen-bond acceptors (Lipinski definition) is 3. The van der Waals surface area contributed by atoms with Gasteiger partial charge in [0.25, 0.3) is 0 Å². The molecule has 96 valence electrons. The Labute approximate surface area is 108 Å². The normalized spacial score (nSPS) is 19.3. The molecule has 1 fully saturated rings. The number of fused-ring (bicyclic) bond motifs is 1. The molecule has 0 aromatic heterocycles. The molecule has 0 aliphatic carbocycles. The highest BCUT2D eigenvalue weighted by molar-refractivity contribution is 6.00. The van der Waals surface area contributed by atoms with Crippen LogP contribution in [0.2, 0.25) is 0 Å². The monoisotopic (exact) mass is 245 g/mol. The lowest BCUT2D eigenvalue weighted by Gasteiger charge is -2.35. The van der Waals surface area contributed by atoms with E-state index < -0.39 is 0 Å². The molecule has 18 heavy (non-hydrogen) atoms. The van der Waals surface area contributed by atoms with E-state index in [1.165, 1.54) is 11.1 Å². The van der Waals surface area contributed by atoms with Gasteiger partial charge in [0.1, 0.15) is 0 Å². The summed E-state index contributed by atoms with van der Waals surface area (Å²) < 4.78 is 0. The fraction of sp³-hybridized carbons (Fsp3) is 0.500. The van der Waals surface area contributed by atoms with Crippen molar-refractivity contribution in [1.29, 1.82) is 0 Å². The molecule has 1 N–H and O–H groups in total. The highest BCUT2D eigenvalue weighted by atomic mass is 16.2. The van der Waals surface area contributed by atoms with Gasteiger partial charge in [-0.05, 0) is 24.2 Å². The average Bonchev–Trinajstić information content (AvgIpc) is 2.52. The highest BCUT2D eigenvalue weighted by Gasteiger charge is 2.25. The van der Waals surface area contributed by atoms with Crippen molar-refractivity contribution in [1.82, 2.24) is 10.2 Å². The lowest BCUT2D eigenvalue weighted by atomic mass is 10.1. The van der Waals surface area contributed by atoms with Gasteiger partial charge in [-0.15, -0.1) is 0 Å². The van der Waals surface area contributed by atoms with E-state index in [0.29, 0.717) is 12.5 Å². The minimum atomic E-state index is 0.193. The number of anilines is 1. The molecule has 2 aliphatic heterocycles. The predicted molar refractivity (Wildman–Crippen MR) is 71.7 cm³/mol. The summed E-state index contributed by atoms with van der Waals surface area (Å²) in [5.74, 6) is 0.193. The SMILES string of the molecule is CN1C(=O)Cc2cc(CN(C)C3CNC3)ccc21. The van der Waals surface area contributed by atoms with Crippen LogP contribution in [-0.2, 0) is 17.8 Å². The number of hydrogen-bond donors (Lipinski definition) is 1. The molecule has 1 aromatic rings. The minimum absolute atomic E-state index is 0.193. The maximum Gasteiger partial charge on any atom is 0.231 e. The molecule has 1 saturated heterocycles. The Bertz CT molecular complexity index is 482. The van der Waals surface area contributed by atoms with Crippen LogP contribution in [0.5, 0.6) is 0 Å². The number of likely N-dealkylation sites (N-methyl/N-ethyl adjacent to an activating group) is 2. The minimum Gasteiger partial charge on any atom is -0.315 e. The molecule has 3 rings (SSSR count). The summed E-state index contributed by atoms with van der Waals surface area (Å²) in [5.41, 5.74) is 3.53. The highest BCUT2D eigenvalue weighted by Crippen LogP contribution is 2.28. The second-order valence-corrected chi connectivity index (χ2v) is 5.32. The third-order valence-electron chi connectivity index (χ3n) is 4.04. The summed E-state index contributed by atoms with van der Waals surface area (Å²) in [7, 11) is 4.01. The van der Waals surface area contributed by atoms with Gasteiger partial charge < -0.3 is 10.2 Å². The smallest absolute Gasteiger partial charge is 0.231 e. The summed E-state index contributed by atoms with van der Waals surface area (Å²) in [6, 6.07) is 7.04. The standard InChI is InChI=1S/C14H19N3O/c1-16(12-7-15-8-12)9-10-3-4-13-11(5-10)6-14(18)17(13)2/h3-5,12,15H,6-9H2,1-2H3. The van der Waals surface area contributed by atoms with Crippen molar-refractivity contribution in [2.45, 2.75) is 19.0 Å². The van der Waals surface area contributed by atoms with E-state index in [4.69, 9.17) is 0 Å². The van der Waals surface area contributed by atoms with Crippen molar-refractivity contribution >= 4 is 11.6 Å². The van der Waals surface area contributed by atoms with Gasteiger partial charge in [0.2, 0.25) is 5.91 Å². The van der Waals surface area contributed by atoms with E-state index in [0.717, 1.165) is 25.3 Å². The molecule has 0 atom stereocenters. The molecular weight excluding hydrogens is 226 g/mol. The largest absolute Gasteiger partial charge is 0.315 e. The lowest BCUT2D eigenvalue weighted by molar-refractivity contribution is -0.117. The van der Waals surface area contributed by atoms with Crippen LogP contribution in [0.25, 0.3) is 0 Å². The first-order valence-electron chi connectivity index (χ1n) is 6.44. The molecule has 0 unspecified atom stereocenters. The summed E-state index contributed by atoms with van der Waals surface area (Å²) in [4.78, 5) is 15.8. The number of carbonyl (C=O) groups is 1. The maximum atomic E-state index is 11.6. The molecule has 4 nitrogen and oxygen atoms in total. The van der Waals surface area contributed by atoms with E-state index in [9.17, 15) is 4.79 Å². The van der Waals surface area contributed by atoms with Crippen molar-refractivity contribution in [3.05, 3.63) is 29.3 Å². The molecule has 2 aliphatic rings. The summed E-state index contributed by atoms with van der Waals surface area (Å²) in [6.07, 6.45) is 0.550. The number of amides is 1. The fourth-order valence-corrected chi connectivity index (χ4v) is 2.62. The first kappa shape index (κ1) is 11.7. The molecule has 2 heterocycles. The first-order valence-corrected chi connectivity index (χ1v) is 6.44. The van der Waals surface area contributed by atoms with Crippen LogP contribution in [0.1, 0.15) is 11.1 Å². The van der Waals surface area contributed by atoms with Gasteiger partial charge in [-0.1, -0.05) is 12.1 Å². The number of nitrogens with zero attached hydrogens (tertiary/aromatic N) is 2. The van der Waals surface area contributed by atoms with Gasteiger partial charge >= 0.3 is 0 Å². The second-order valence-electron chi connectivity index (χ2n) is 5.32. The van der Waals surface area contributed by atoms with E-state index >= 15 is 0 Å². The van der Waals surface area contributed by atoms with Gasteiger partial charge in [-0.25, -0.2) is 0 Å². The Morgan fingerprint density at radius 1 is 1.44 bits per heavy atom. The van der Waals surface area contributed by atoms with Gasteiger partial charge in [0.05, 0.1) is 6.42 Å². The lowest BCUT2D eigenvalue weighted by Crippen LogP contribution is -2.55. The average molecular weight is 245 g/mol. The molecule has 1 aromatic carbocycles. The van der Waals surface area contributed by atoms with Gasteiger partial charge in [0.15, 0.2) is 0 Å². The number of rotatable bonds is 3. The first-order chi connectivity index (χ1) is 8.65. The maximum absolute atomic E-state index is 11.6. The van der Waals surface area contributed by atoms with Crippen LogP contribution in [-0.4, -0.2) is 44.0 Å². The van der Waals surface area contributed by atoms with Crippen molar-refractivity contribution in [3.8, 4) is 0 Å². The van der Waals surface area contributed by atoms with Crippen LogP contribution in [0, 0.1) is 0 Å². The second kappa shape index (κ2) is 4.37. The summed E-state index contributed by atoms with van der Waals surface area (Å²) in [5, 5.41) is 3.29. The van der Waals surface area contributed by atoms with E-state index in [1.807, 2.05) is 7.05 Å². The Balaban J connectivity index is 1.75. The molecule has 0 radical (unpaired) electrons. The van der Waals surface area contributed by atoms with Gasteiger partial charge in [-0.3, -0.25) is 9.69 Å². The third kappa shape index (κ3) is 1.91. The van der Waals surface area contributed by atoms with E-state index in [2.05, 4.69) is 35.5 Å². The molecule has 0 bridgehead atoms. The van der Waals surface area contributed by atoms with E-state index in [-0.39, 0.29) is 5.91 Å². The number of nitrogens with one attached hydrogen (secondary N) is 1. The van der Waals surface area contributed by atoms with Gasteiger partial charge in [0, 0.05) is 38.4 Å². The zero-order valence-corrected chi connectivity index (χ0v) is 10.9. The fourth-order valence-electron chi connectivity index (χ4n) is 2.62. The van der Waals surface area contributed by atoms with Crippen molar-refractivity contribution in [3.63, 3.8) is 0 Å². The Kier molecular flexibility index (Phi) is 2.84. The van der Waals surface area contributed by atoms with Crippen LogP contribution in [0.3, 0.4) is 0 Å². The van der Waals surface area contributed by atoms with E-state index in [1.54, 1.807) is 4.90 Å². The molecular formula is C14H19N3O. The van der Waals surface area contributed by atoms with Crippen molar-refractivity contribution in [2.24, 2.45) is 0 Å². The number of benzene rings is 1. The Morgan fingerprint density at radius 3 is 2.89 bits per heavy atom. The Hall–Kier alpha value is -1.39. The van der Waals surface area contributed by atoms with Crippen LogP contribution < -0.4 is 10.2 Å². The Morgan fingerprint density at radius 2 is 2.22 bits per heavy atom. The zero-order chi connectivity index (χ0) is 12.7. The predicted octanol–water partition coefficient (Wildman–Crippen LogP) is 0.609. The quantitative estimate of drug-likeness (QED) is 0.847. The third-order valence-corrected chi connectivity index (χ3v) is 4.04. The van der Waals surface area contributed by atoms with Crippen molar-refractivity contribution in [2.75, 3.05) is 32.1 Å². The summed E-state index contributed by atoms with van der Waals surface area (Å²) >= 11 is 0. The molecule has 1 amide bonds. The topological polar surface area (TPSA) is 35.6 Å². The van der Waals surface area contributed by atoms with Crippen LogP contribution >= 0.6 is 0 Å². The zero-order valence-electron chi connectivity index (χ0n) is 10.9. The van der Waals surface area contributed by atoms with Crippen molar-refractivity contribution < 1.29 is 4.79 Å². The van der Waals surface area contributed by atoms with Crippen LogP contribution in [0.4, 0.5) is 5.69 Å². The molecule has 4 heteroatoms.